The van der Waals surface area contributed by atoms with E-state index in [0.717, 1.165) is 6.54 Å². The first kappa shape index (κ1) is 13.6. The van der Waals surface area contributed by atoms with Crippen molar-refractivity contribution in [1.29, 1.82) is 0 Å². The number of carbonyl (C=O) groups excluding carboxylic acids is 1. The van der Waals surface area contributed by atoms with Gasteiger partial charge in [-0.1, -0.05) is 67.0 Å². The van der Waals surface area contributed by atoms with Gasteiger partial charge in [0.2, 0.25) is 5.91 Å². The van der Waals surface area contributed by atoms with Gasteiger partial charge < -0.3 is 4.90 Å². The first-order chi connectivity index (χ1) is 8.39. The van der Waals surface area contributed by atoms with Crippen molar-refractivity contribution in [3.05, 3.63) is 35.9 Å². The van der Waals surface area contributed by atoms with Crippen LogP contribution >= 0.6 is 15.9 Å². The molecule has 1 aromatic rings. The molecule has 0 saturated carbocycles. The zero-order valence-corrected chi connectivity index (χ0v) is 12.8. The van der Waals surface area contributed by atoms with Gasteiger partial charge in [0.1, 0.15) is 0 Å². The summed E-state index contributed by atoms with van der Waals surface area (Å²) in [6.45, 7) is 7.38. The Hall–Kier alpha value is -0.830. The Bertz CT molecular complexity index is 424. The fraction of sp³-hybridized carbons (Fsp3) is 0.533. The summed E-state index contributed by atoms with van der Waals surface area (Å²) in [5, 5.41) is 0. The number of amides is 1. The summed E-state index contributed by atoms with van der Waals surface area (Å²) in [4.78, 5) is 14.5. The Morgan fingerprint density at radius 2 is 1.89 bits per heavy atom. The molecule has 0 bridgehead atoms. The van der Waals surface area contributed by atoms with E-state index in [9.17, 15) is 4.79 Å². The van der Waals surface area contributed by atoms with Crippen LogP contribution in [0.5, 0.6) is 0 Å². The van der Waals surface area contributed by atoms with E-state index >= 15 is 0 Å². The molecule has 1 heterocycles. The van der Waals surface area contributed by atoms with Gasteiger partial charge in [0.25, 0.3) is 0 Å². The molecule has 98 valence electrons. The molecule has 18 heavy (non-hydrogen) atoms. The highest BCUT2D eigenvalue weighted by Crippen LogP contribution is 2.40. The number of likely N-dealkylation sites (tertiary alicyclic amines) is 1. The fourth-order valence-electron chi connectivity index (χ4n) is 2.72. The number of carbonyl (C=O) groups is 1. The Balaban J connectivity index is 2.36. The highest BCUT2D eigenvalue weighted by molar-refractivity contribution is 9.09. The van der Waals surface area contributed by atoms with Crippen molar-refractivity contribution in [2.75, 3.05) is 6.54 Å². The molecule has 1 aliphatic rings. The Morgan fingerprint density at radius 3 is 2.33 bits per heavy atom. The highest BCUT2D eigenvalue weighted by Gasteiger charge is 2.39. The van der Waals surface area contributed by atoms with Crippen LogP contribution in [0.2, 0.25) is 0 Å². The van der Waals surface area contributed by atoms with Crippen molar-refractivity contribution in [2.45, 2.75) is 38.1 Å². The van der Waals surface area contributed by atoms with E-state index in [1.807, 2.05) is 23.1 Å². The maximum Gasteiger partial charge on any atom is 0.224 e. The molecular weight excluding hydrogens is 290 g/mol. The van der Waals surface area contributed by atoms with Crippen molar-refractivity contribution in [3.8, 4) is 0 Å². The van der Waals surface area contributed by atoms with Gasteiger partial charge in [-0.25, -0.2) is 0 Å². The number of benzene rings is 1. The lowest BCUT2D eigenvalue weighted by molar-refractivity contribution is -0.132. The van der Waals surface area contributed by atoms with E-state index in [1.165, 1.54) is 5.56 Å². The van der Waals surface area contributed by atoms with E-state index in [0.29, 0.717) is 11.2 Å². The van der Waals surface area contributed by atoms with Gasteiger partial charge in [0.05, 0.1) is 6.04 Å². The van der Waals surface area contributed by atoms with Crippen molar-refractivity contribution < 1.29 is 4.79 Å². The molecule has 1 aromatic carbocycles. The predicted octanol–water partition coefficient (Wildman–Crippen LogP) is 3.77. The molecule has 2 rings (SSSR count). The zero-order valence-electron chi connectivity index (χ0n) is 11.2. The Morgan fingerprint density at radius 1 is 1.28 bits per heavy atom. The van der Waals surface area contributed by atoms with Crippen molar-refractivity contribution >= 4 is 21.8 Å². The van der Waals surface area contributed by atoms with Gasteiger partial charge in [0, 0.05) is 17.8 Å². The van der Waals surface area contributed by atoms with E-state index < -0.39 is 0 Å². The van der Waals surface area contributed by atoms with Crippen LogP contribution < -0.4 is 0 Å². The summed E-state index contributed by atoms with van der Waals surface area (Å²) < 4.78 is 0. The third-order valence-corrected chi connectivity index (χ3v) is 3.97. The Kier molecular flexibility index (Phi) is 3.81. The molecule has 1 aliphatic heterocycles. The van der Waals surface area contributed by atoms with Crippen molar-refractivity contribution in [3.63, 3.8) is 0 Å². The zero-order chi connectivity index (χ0) is 13.3. The van der Waals surface area contributed by atoms with Gasteiger partial charge in [0.15, 0.2) is 0 Å². The van der Waals surface area contributed by atoms with Crippen LogP contribution in [-0.4, -0.2) is 22.2 Å². The third kappa shape index (κ3) is 2.77. The summed E-state index contributed by atoms with van der Waals surface area (Å²) in [6, 6.07) is 10.5. The number of halogens is 1. The minimum Gasteiger partial charge on any atom is -0.334 e. The molecule has 2 nitrogen and oxygen atoms in total. The largest absolute Gasteiger partial charge is 0.334 e. The van der Waals surface area contributed by atoms with Crippen LogP contribution in [0.3, 0.4) is 0 Å². The molecule has 1 amide bonds. The number of hydrogen-bond donors (Lipinski definition) is 0. The number of alkyl halides is 1. The predicted molar refractivity (Wildman–Crippen MR) is 77.7 cm³/mol. The molecule has 0 radical (unpaired) electrons. The Labute approximate surface area is 117 Å². The normalized spacial score (nSPS) is 22.3. The highest BCUT2D eigenvalue weighted by atomic mass is 79.9. The van der Waals surface area contributed by atoms with Crippen LogP contribution in [0.4, 0.5) is 0 Å². The fourth-order valence-corrected chi connectivity index (χ4v) is 3.31. The van der Waals surface area contributed by atoms with Crippen LogP contribution in [0.15, 0.2) is 30.3 Å². The SMILES string of the molecule is CC(C)(C)C(c1ccccc1)N1CC(Br)CC1=O. The summed E-state index contributed by atoms with van der Waals surface area (Å²) in [5.41, 5.74) is 1.26. The molecule has 1 saturated heterocycles. The van der Waals surface area contributed by atoms with Gasteiger partial charge in [-0.15, -0.1) is 0 Å². The number of nitrogens with zero attached hydrogens (tertiary/aromatic N) is 1. The molecule has 0 aliphatic carbocycles. The third-order valence-electron chi connectivity index (χ3n) is 3.36. The monoisotopic (exact) mass is 309 g/mol. The summed E-state index contributed by atoms with van der Waals surface area (Å²) in [6.07, 6.45) is 0.611. The number of hydrogen-bond acceptors (Lipinski definition) is 1. The minimum atomic E-state index is 0.0358. The molecule has 0 aromatic heterocycles. The smallest absolute Gasteiger partial charge is 0.224 e. The average Bonchev–Trinajstić information content (AvgIpc) is 2.58. The van der Waals surface area contributed by atoms with Crippen LogP contribution in [0.1, 0.15) is 38.8 Å². The average molecular weight is 310 g/mol. The summed E-state index contributed by atoms with van der Waals surface area (Å²) in [5.74, 6) is 0.251. The van der Waals surface area contributed by atoms with Crippen molar-refractivity contribution in [2.24, 2.45) is 5.41 Å². The molecule has 2 unspecified atom stereocenters. The van der Waals surface area contributed by atoms with E-state index in [4.69, 9.17) is 0 Å². The molecular formula is C15H20BrNO. The van der Waals surface area contributed by atoms with E-state index in [1.54, 1.807) is 0 Å². The van der Waals surface area contributed by atoms with Gasteiger partial charge in [-0.3, -0.25) is 4.79 Å². The van der Waals surface area contributed by atoms with Crippen LogP contribution in [-0.2, 0) is 4.79 Å². The molecule has 0 spiro atoms. The standard InChI is InChI=1S/C15H20BrNO/c1-15(2,3)14(11-7-5-4-6-8-11)17-10-12(16)9-13(17)18/h4-8,12,14H,9-10H2,1-3H3. The maximum atomic E-state index is 12.1. The van der Waals surface area contributed by atoms with Gasteiger partial charge in [-0.05, 0) is 11.0 Å². The molecule has 0 N–H and O–H groups in total. The van der Waals surface area contributed by atoms with Crippen LogP contribution in [0, 0.1) is 5.41 Å². The van der Waals surface area contributed by atoms with Gasteiger partial charge >= 0.3 is 0 Å². The molecule has 3 heteroatoms. The summed E-state index contributed by atoms with van der Waals surface area (Å²) >= 11 is 3.56. The lowest BCUT2D eigenvalue weighted by Gasteiger charge is -2.38. The van der Waals surface area contributed by atoms with Gasteiger partial charge in [-0.2, -0.15) is 0 Å². The topological polar surface area (TPSA) is 20.3 Å². The lowest BCUT2D eigenvalue weighted by atomic mass is 9.81. The first-order valence-electron chi connectivity index (χ1n) is 6.38. The minimum absolute atomic E-state index is 0.0358. The maximum absolute atomic E-state index is 12.1. The number of rotatable bonds is 2. The molecule has 1 fully saturated rings. The van der Waals surface area contributed by atoms with Crippen molar-refractivity contribution in [1.82, 2.24) is 4.90 Å². The lowest BCUT2D eigenvalue weighted by Crippen LogP contribution is -2.38. The first-order valence-corrected chi connectivity index (χ1v) is 7.29. The second-order valence-corrected chi connectivity index (χ2v) is 7.32. The second kappa shape index (κ2) is 5.04. The van der Waals surface area contributed by atoms with E-state index in [-0.39, 0.29) is 17.4 Å². The molecule has 2 atom stereocenters. The quantitative estimate of drug-likeness (QED) is 0.762. The van der Waals surface area contributed by atoms with E-state index in [2.05, 4.69) is 48.8 Å². The second-order valence-electron chi connectivity index (χ2n) is 6.03. The van der Waals surface area contributed by atoms with Crippen LogP contribution in [0.25, 0.3) is 0 Å². The summed E-state index contributed by atoms with van der Waals surface area (Å²) in [7, 11) is 0.